The minimum Gasteiger partial charge on any atom is -0.473 e. The average molecular weight is 255 g/mol. The van der Waals surface area contributed by atoms with Crippen LogP contribution in [0.5, 0.6) is 5.88 Å². The number of hydrogen-bond acceptors (Lipinski definition) is 5. The van der Waals surface area contributed by atoms with Crippen molar-refractivity contribution in [3.05, 3.63) is 11.8 Å². The number of ether oxygens (including phenoxy) is 2. The Labute approximate surface area is 107 Å². The molecule has 5 heteroatoms. The summed E-state index contributed by atoms with van der Waals surface area (Å²) in [6, 6.07) is 1.82. The van der Waals surface area contributed by atoms with Crippen LogP contribution in [0.4, 0.5) is 0 Å². The zero-order chi connectivity index (χ0) is 12.6. The molecule has 1 saturated heterocycles. The molecule has 1 aliphatic heterocycles. The van der Waals surface area contributed by atoms with Crippen molar-refractivity contribution in [3.8, 4) is 5.88 Å². The molecule has 0 aromatic carbocycles. The van der Waals surface area contributed by atoms with Crippen molar-refractivity contribution in [3.63, 3.8) is 0 Å². The lowest BCUT2D eigenvalue weighted by atomic mass is 10.1. The summed E-state index contributed by atoms with van der Waals surface area (Å²) < 4.78 is 16.3. The number of aromatic nitrogens is 1. The second-order valence-electron chi connectivity index (χ2n) is 4.61. The molecular formula is C13H21NO4. The number of unbranched alkanes of at least 4 members (excludes halogenated alkanes) is 1. The summed E-state index contributed by atoms with van der Waals surface area (Å²) in [7, 11) is 0. The number of aryl methyl sites for hydroxylation is 1. The van der Waals surface area contributed by atoms with Crippen LogP contribution in [0.2, 0.25) is 0 Å². The zero-order valence-corrected chi connectivity index (χ0v) is 10.6. The lowest BCUT2D eigenvalue weighted by Gasteiger charge is -2.21. The third kappa shape index (κ3) is 4.31. The van der Waals surface area contributed by atoms with E-state index in [4.69, 9.17) is 19.1 Å². The summed E-state index contributed by atoms with van der Waals surface area (Å²) >= 11 is 0. The fourth-order valence-electron chi connectivity index (χ4n) is 2.01. The van der Waals surface area contributed by atoms with Crippen molar-refractivity contribution in [2.45, 2.75) is 44.6 Å². The lowest BCUT2D eigenvalue weighted by molar-refractivity contribution is -0.0125. The van der Waals surface area contributed by atoms with Gasteiger partial charge in [-0.3, -0.25) is 0 Å². The van der Waals surface area contributed by atoms with Crippen LogP contribution in [0.1, 0.15) is 37.9 Å². The summed E-state index contributed by atoms with van der Waals surface area (Å²) in [6.45, 7) is 1.60. The molecule has 0 saturated carbocycles. The second kappa shape index (κ2) is 7.38. The van der Waals surface area contributed by atoms with Gasteiger partial charge in [0.15, 0.2) is 0 Å². The molecule has 0 aliphatic carbocycles. The smallest absolute Gasteiger partial charge is 0.254 e. The van der Waals surface area contributed by atoms with E-state index in [-0.39, 0.29) is 12.7 Å². The molecule has 1 unspecified atom stereocenters. The van der Waals surface area contributed by atoms with Crippen LogP contribution in [0, 0.1) is 0 Å². The van der Waals surface area contributed by atoms with Gasteiger partial charge in [-0.1, -0.05) is 0 Å². The molecule has 2 rings (SSSR count). The quantitative estimate of drug-likeness (QED) is 0.754. The maximum Gasteiger partial charge on any atom is 0.254 e. The first-order valence-corrected chi connectivity index (χ1v) is 6.69. The molecule has 0 radical (unpaired) electrons. The van der Waals surface area contributed by atoms with Gasteiger partial charge in [0, 0.05) is 25.7 Å². The molecule has 102 valence electrons. The maximum atomic E-state index is 8.69. The Morgan fingerprint density at radius 2 is 2.33 bits per heavy atom. The fraction of sp³-hybridized carbons (Fsp3) is 0.769. The summed E-state index contributed by atoms with van der Waals surface area (Å²) in [6.07, 6.45) is 6.07. The molecule has 2 heterocycles. The molecule has 1 fully saturated rings. The molecule has 1 atom stereocenters. The summed E-state index contributed by atoms with van der Waals surface area (Å²) in [5, 5.41) is 12.6. The maximum absolute atomic E-state index is 8.69. The highest BCUT2D eigenvalue weighted by Crippen LogP contribution is 2.17. The molecule has 0 bridgehead atoms. The first-order valence-electron chi connectivity index (χ1n) is 6.69. The van der Waals surface area contributed by atoms with E-state index in [0.717, 1.165) is 44.5 Å². The van der Waals surface area contributed by atoms with Crippen LogP contribution in [0.25, 0.3) is 0 Å². The van der Waals surface area contributed by atoms with Gasteiger partial charge in [-0.25, -0.2) is 0 Å². The number of aliphatic hydroxyl groups excluding tert-OH is 1. The van der Waals surface area contributed by atoms with Gasteiger partial charge < -0.3 is 19.1 Å². The van der Waals surface area contributed by atoms with Crippen LogP contribution in [0.15, 0.2) is 10.6 Å². The molecule has 5 nitrogen and oxygen atoms in total. The van der Waals surface area contributed by atoms with E-state index in [1.165, 1.54) is 6.42 Å². The Bertz CT molecular complexity index is 333. The highest BCUT2D eigenvalue weighted by Gasteiger charge is 2.15. The first kappa shape index (κ1) is 13.4. The molecule has 0 amide bonds. The van der Waals surface area contributed by atoms with Gasteiger partial charge in [0.1, 0.15) is 12.4 Å². The van der Waals surface area contributed by atoms with E-state index in [0.29, 0.717) is 12.5 Å². The third-order valence-corrected chi connectivity index (χ3v) is 3.06. The largest absolute Gasteiger partial charge is 0.473 e. The van der Waals surface area contributed by atoms with Crippen molar-refractivity contribution in [2.24, 2.45) is 0 Å². The van der Waals surface area contributed by atoms with Crippen molar-refractivity contribution < 1.29 is 19.1 Å². The van der Waals surface area contributed by atoms with Crippen LogP contribution < -0.4 is 4.74 Å². The summed E-state index contributed by atoms with van der Waals surface area (Å²) in [5.41, 5.74) is 0. The van der Waals surface area contributed by atoms with Crippen molar-refractivity contribution in [1.82, 2.24) is 5.16 Å². The Kier molecular flexibility index (Phi) is 5.48. The van der Waals surface area contributed by atoms with Crippen LogP contribution in [-0.2, 0) is 11.2 Å². The van der Waals surface area contributed by atoms with Crippen molar-refractivity contribution in [1.29, 1.82) is 0 Å². The van der Waals surface area contributed by atoms with E-state index in [1.54, 1.807) is 0 Å². The third-order valence-electron chi connectivity index (χ3n) is 3.06. The molecule has 18 heavy (non-hydrogen) atoms. The van der Waals surface area contributed by atoms with Crippen molar-refractivity contribution in [2.75, 3.05) is 19.8 Å². The average Bonchev–Trinajstić information content (AvgIpc) is 2.86. The van der Waals surface area contributed by atoms with Gasteiger partial charge >= 0.3 is 0 Å². The molecular weight excluding hydrogens is 234 g/mol. The topological polar surface area (TPSA) is 64.7 Å². The van der Waals surface area contributed by atoms with E-state index in [9.17, 15) is 0 Å². The van der Waals surface area contributed by atoms with Gasteiger partial charge in [-0.15, -0.1) is 0 Å². The molecule has 1 aromatic heterocycles. The minimum atomic E-state index is 0.188. The second-order valence-corrected chi connectivity index (χ2v) is 4.61. The van der Waals surface area contributed by atoms with Crippen LogP contribution in [0.3, 0.4) is 0 Å². The molecule has 1 N–H and O–H groups in total. The number of aliphatic hydroxyl groups is 1. The summed E-state index contributed by atoms with van der Waals surface area (Å²) in [5.74, 6) is 1.34. The van der Waals surface area contributed by atoms with Crippen molar-refractivity contribution >= 4 is 0 Å². The summed E-state index contributed by atoms with van der Waals surface area (Å²) in [4.78, 5) is 0. The Hall–Kier alpha value is -1.07. The van der Waals surface area contributed by atoms with Gasteiger partial charge in [0.05, 0.1) is 6.10 Å². The van der Waals surface area contributed by atoms with E-state index < -0.39 is 0 Å². The Balaban J connectivity index is 1.69. The highest BCUT2D eigenvalue weighted by molar-refractivity contribution is 5.11. The van der Waals surface area contributed by atoms with Gasteiger partial charge in [-0.2, -0.15) is 0 Å². The van der Waals surface area contributed by atoms with Crippen LogP contribution in [-0.4, -0.2) is 36.2 Å². The normalized spacial score (nSPS) is 19.9. The first-order chi connectivity index (χ1) is 8.88. The monoisotopic (exact) mass is 255 g/mol. The predicted octanol–water partition coefficient (Wildman–Crippen LogP) is 1.94. The van der Waals surface area contributed by atoms with E-state index in [2.05, 4.69) is 5.16 Å². The fourth-order valence-corrected chi connectivity index (χ4v) is 2.01. The SMILES string of the molecule is OCCCCc1cc(OCC2CCCCO2)no1. The Morgan fingerprint density at radius 1 is 1.39 bits per heavy atom. The molecule has 1 aliphatic rings. The van der Waals surface area contributed by atoms with Crippen LogP contribution >= 0.6 is 0 Å². The highest BCUT2D eigenvalue weighted by atomic mass is 16.6. The van der Waals surface area contributed by atoms with Gasteiger partial charge in [0.25, 0.3) is 5.88 Å². The van der Waals surface area contributed by atoms with Gasteiger partial charge in [0.2, 0.25) is 0 Å². The lowest BCUT2D eigenvalue weighted by Crippen LogP contribution is -2.25. The minimum absolute atomic E-state index is 0.188. The molecule has 0 spiro atoms. The standard InChI is InChI=1S/C13H21NO4/c15-7-3-1-5-11-9-13(14-18-11)17-10-12-6-2-4-8-16-12/h9,12,15H,1-8,10H2. The number of hydrogen-bond donors (Lipinski definition) is 1. The zero-order valence-electron chi connectivity index (χ0n) is 10.6. The van der Waals surface area contributed by atoms with E-state index >= 15 is 0 Å². The number of rotatable bonds is 7. The molecule has 1 aromatic rings. The Morgan fingerprint density at radius 3 is 3.11 bits per heavy atom. The van der Waals surface area contributed by atoms with E-state index in [1.807, 2.05) is 6.07 Å². The van der Waals surface area contributed by atoms with Gasteiger partial charge in [-0.05, 0) is 37.3 Å². The number of nitrogens with zero attached hydrogens (tertiary/aromatic N) is 1. The predicted molar refractivity (Wildman–Crippen MR) is 65.6 cm³/mol.